The van der Waals surface area contributed by atoms with Crippen LogP contribution in [0.5, 0.6) is 11.5 Å². The molecule has 0 unspecified atom stereocenters. The molecule has 0 amide bonds. The Bertz CT molecular complexity index is 667. The van der Waals surface area contributed by atoms with Gasteiger partial charge in [-0.1, -0.05) is 11.6 Å². The molecule has 0 aliphatic rings. The fraction of sp³-hybridized carbons (Fsp3) is 0.188. The molecule has 2 aromatic carbocycles. The van der Waals surface area contributed by atoms with Crippen LogP contribution in [0.25, 0.3) is 0 Å². The van der Waals surface area contributed by atoms with Crippen LogP contribution in [0, 0.1) is 12.7 Å². The number of carboxylic acids is 1. The summed E-state index contributed by atoms with van der Waals surface area (Å²) in [7, 11) is 1.45. The standard InChI is InChI=1S/C16H15FO4/c1-10-3-6-15(13(7-10)16(18)19)21-9-11-4-5-12(20-2)8-14(11)17/h3-8H,9H2,1-2H3,(H,18,19). The third-order valence-electron chi connectivity index (χ3n) is 3.01. The first kappa shape index (κ1) is 14.8. The normalized spacial score (nSPS) is 10.2. The first-order valence-corrected chi connectivity index (χ1v) is 6.30. The summed E-state index contributed by atoms with van der Waals surface area (Å²) < 4.78 is 24.1. The van der Waals surface area contributed by atoms with Crippen molar-refractivity contribution in [2.45, 2.75) is 13.5 Å². The number of aromatic carboxylic acids is 1. The van der Waals surface area contributed by atoms with Crippen LogP contribution in [-0.2, 0) is 6.61 Å². The molecule has 0 saturated heterocycles. The van der Waals surface area contributed by atoms with E-state index in [2.05, 4.69) is 0 Å². The molecule has 2 rings (SSSR count). The molecule has 0 heterocycles. The van der Waals surface area contributed by atoms with E-state index in [9.17, 15) is 9.18 Å². The van der Waals surface area contributed by atoms with Crippen molar-refractivity contribution in [3.8, 4) is 11.5 Å². The summed E-state index contributed by atoms with van der Waals surface area (Å²) in [6.07, 6.45) is 0. The van der Waals surface area contributed by atoms with Crippen molar-refractivity contribution >= 4 is 5.97 Å². The monoisotopic (exact) mass is 290 g/mol. The van der Waals surface area contributed by atoms with E-state index in [4.69, 9.17) is 14.6 Å². The van der Waals surface area contributed by atoms with Crippen molar-refractivity contribution in [2.24, 2.45) is 0 Å². The molecule has 0 fully saturated rings. The quantitative estimate of drug-likeness (QED) is 0.916. The van der Waals surface area contributed by atoms with Gasteiger partial charge in [0.15, 0.2) is 0 Å². The molecule has 110 valence electrons. The number of benzene rings is 2. The average Bonchev–Trinajstić information content (AvgIpc) is 2.46. The maximum absolute atomic E-state index is 13.8. The molecule has 2 aromatic rings. The van der Waals surface area contributed by atoms with Gasteiger partial charge in [0, 0.05) is 11.6 Å². The minimum Gasteiger partial charge on any atom is -0.497 e. The molecule has 0 aliphatic heterocycles. The largest absolute Gasteiger partial charge is 0.497 e. The van der Waals surface area contributed by atoms with E-state index in [-0.39, 0.29) is 17.9 Å². The van der Waals surface area contributed by atoms with Gasteiger partial charge in [0.25, 0.3) is 0 Å². The fourth-order valence-electron chi connectivity index (χ4n) is 1.86. The Morgan fingerprint density at radius 2 is 2.00 bits per heavy atom. The summed E-state index contributed by atoms with van der Waals surface area (Å²) in [6, 6.07) is 9.25. The molecule has 0 aromatic heterocycles. The first-order valence-electron chi connectivity index (χ1n) is 6.30. The Labute approximate surface area is 121 Å². The van der Waals surface area contributed by atoms with Crippen LogP contribution in [0.3, 0.4) is 0 Å². The first-order chi connectivity index (χ1) is 10.0. The Morgan fingerprint density at radius 3 is 2.62 bits per heavy atom. The highest BCUT2D eigenvalue weighted by molar-refractivity contribution is 5.91. The molecule has 0 bridgehead atoms. The number of carbonyl (C=O) groups is 1. The molecular formula is C16H15FO4. The number of halogens is 1. The summed E-state index contributed by atoms with van der Waals surface area (Å²) in [5.74, 6) is -0.914. The molecule has 21 heavy (non-hydrogen) atoms. The molecule has 0 spiro atoms. The van der Waals surface area contributed by atoms with E-state index >= 15 is 0 Å². The zero-order valence-electron chi connectivity index (χ0n) is 11.7. The molecular weight excluding hydrogens is 275 g/mol. The van der Waals surface area contributed by atoms with Crippen LogP contribution in [0.15, 0.2) is 36.4 Å². The second-order valence-corrected chi connectivity index (χ2v) is 4.55. The second kappa shape index (κ2) is 6.26. The topological polar surface area (TPSA) is 55.8 Å². The van der Waals surface area contributed by atoms with Gasteiger partial charge < -0.3 is 14.6 Å². The van der Waals surface area contributed by atoms with Crippen molar-refractivity contribution in [1.82, 2.24) is 0 Å². The van der Waals surface area contributed by atoms with Crippen molar-refractivity contribution in [1.29, 1.82) is 0 Å². The number of hydrogen-bond donors (Lipinski definition) is 1. The van der Waals surface area contributed by atoms with Gasteiger partial charge in [-0.15, -0.1) is 0 Å². The van der Waals surface area contributed by atoms with Gasteiger partial charge in [0.1, 0.15) is 29.5 Å². The number of aryl methyl sites for hydroxylation is 1. The Morgan fingerprint density at radius 1 is 1.24 bits per heavy atom. The summed E-state index contributed by atoms with van der Waals surface area (Å²) in [4.78, 5) is 11.2. The van der Waals surface area contributed by atoms with Gasteiger partial charge >= 0.3 is 5.97 Å². The average molecular weight is 290 g/mol. The molecule has 4 nitrogen and oxygen atoms in total. The summed E-state index contributed by atoms with van der Waals surface area (Å²) in [6.45, 7) is 1.73. The van der Waals surface area contributed by atoms with E-state index in [1.165, 1.54) is 19.2 Å². The molecule has 0 aliphatic carbocycles. The van der Waals surface area contributed by atoms with Crippen LogP contribution in [0.4, 0.5) is 4.39 Å². The fourth-order valence-corrected chi connectivity index (χ4v) is 1.86. The van der Waals surface area contributed by atoms with Gasteiger partial charge in [0.2, 0.25) is 0 Å². The number of methoxy groups -OCH3 is 1. The van der Waals surface area contributed by atoms with Gasteiger partial charge in [-0.25, -0.2) is 9.18 Å². The van der Waals surface area contributed by atoms with Crippen LogP contribution in [-0.4, -0.2) is 18.2 Å². The minimum absolute atomic E-state index is 0.0564. The molecule has 0 radical (unpaired) electrons. The lowest BCUT2D eigenvalue weighted by atomic mass is 10.1. The Kier molecular flexibility index (Phi) is 4.42. The number of carboxylic acid groups (broad SMARTS) is 1. The number of hydrogen-bond acceptors (Lipinski definition) is 3. The van der Waals surface area contributed by atoms with E-state index in [0.717, 1.165) is 5.56 Å². The highest BCUT2D eigenvalue weighted by Gasteiger charge is 2.12. The molecule has 1 N–H and O–H groups in total. The molecule has 5 heteroatoms. The van der Waals surface area contributed by atoms with Crippen molar-refractivity contribution < 1.29 is 23.8 Å². The van der Waals surface area contributed by atoms with Crippen LogP contribution >= 0.6 is 0 Å². The SMILES string of the molecule is COc1ccc(COc2ccc(C)cc2C(=O)O)c(F)c1. The maximum Gasteiger partial charge on any atom is 0.339 e. The van der Waals surface area contributed by atoms with E-state index in [1.807, 2.05) is 0 Å². The van der Waals surface area contributed by atoms with E-state index in [0.29, 0.717) is 11.3 Å². The summed E-state index contributed by atoms with van der Waals surface area (Å²) in [5, 5.41) is 9.14. The van der Waals surface area contributed by atoms with Crippen molar-refractivity contribution in [3.05, 3.63) is 58.9 Å². The highest BCUT2D eigenvalue weighted by atomic mass is 19.1. The predicted molar refractivity (Wildman–Crippen MR) is 75.4 cm³/mol. The van der Waals surface area contributed by atoms with E-state index < -0.39 is 11.8 Å². The van der Waals surface area contributed by atoms with Gasteiger partial charge in [-0.2, -0.15) is 0 Å². The smallest absolute Gasteiger partial charge is 0.339 e. The number of ether oxygens (including phenoxy) is 2. The lowest BCUT2D eigenvalue weighted by molar-refractivity contribution is 0.0691. The summed E-state index contributed by atoms with van der Waals surface area (Å²) in [5.41, 5.74) is 1.20. The maximum atomic E-state index is 13.8. The third kappa shape index (κ3) is 3.51. The Hall–Kier alpha value is -2.56. The van der Waals surface area contributed by atoms with E-state index in [1.54, 1.807) is 31.2 Å². The van der Waals surface area contributed by atoms with Crippen LogP contribution in [0.2, 0.25) is 0 Å². The van der Waals surface area contributed by atoms with Gasteiger partial charge in [0.05, 0.1) is 7.11 Å². The Balaban J connectivity index is 2.18. The predicted octanol–water partition coefficient (Wildman–Crippen LogP) is 3.42. The number of rotatable bonds is 5. The highest BCUT2D eigenvalue weighted by Crippen LogP contribution is 2.23. The molecule has 0 atom stereocenters. The van der Waals surface area contributed by atoms with Gasteiger partial charge in [-0.3, -0.25) is 0 Å². The zero-order chi connectivity index (χ0) is 15.4. The third-order valence-corrected chi connectivity index (χ3v) is 3.01. The van der Waals surface area contributed by atoms with Gasteiger partial charge in [-0.05, 0) is 31.2 Å². The minimum atomic E-state index is -1.08. The lowest BCUT2D eigenvalue weighted by Crippen LogP contribution is -2.05. The van der Waals surface area contributed by atoms with Crippen molar-refractivity contribution in [2.75, 3.05) is 7.11 Å². The van der Waals surface area contributed by atoms with Crippen LogP contribution in [0.1, 0.15) is 21.5 Å². The lowest BCUT2D eigenvalue weighted by Gasteiger charge is -2.11. The second-order valence-electron chi connectivity index (χ2n) is 4.55. The van der Waals surface area contributed by atoms with Crippen LogP contribution < -0.4 is 9.47 Å². The molecule has 0 saturated carbocycles. The van der Waals surface area contributed by atoms with Crippen molar-refractivity contribution in [3.63, 3.8) is 0 Å². The zero-order valence-corrected chi connectivity index (χ0v) is 11.7. The summed E-state index contributed by atoms with van der Waals surface area (Å²) >= 11 is 0.